The molecule has 0 unspecified atom stereocenters. The zero-order chi connectivity index (χ0) is 20.5. The minimum atomic E-state index is -0.486. The smallest absolute Gasteiger partial charge is 0.183 e. The number of nitrogens with zero attached hydrogens (tertiary/aromatic N) is 4. The van der Waals surface area contributed by atoms with Crippen LogP contribution in [0.1, 0.15) is 5.56 Å². The number of hydrogen-bond acceptors (Lipinski definition) is 6. The van der Waals surface area contributed by atoms with Gasteiger partial charge >= 0.3 is 0 Å². The van der Waals surface area contributed by atoms with Crippen LogP contribution in [0.5, 0.6) is 5.75 Å². The number of anilines is 1. The number of benzene rings is 1. The van der Waals surface area contributed by atoms with Crippen molar-refractivity contribution in [3.8, 4) is 28.5 Å². The van der Waals surface area contributed by atoms with E-state index in [4.69, 9.17) is 16.3 Å². The monoisotopic (exact) mass is 478 g/mol. The van der Waals surface area contributed by atoms with E-state index < -0.39 is 5.82 Å². The van der Waals surface area contributed by atoms with Crippen molar-refractivity contribution in [1.29, 1.82) is 0 Å². The van der Waals surface area contributed by atoms with Crippen molar-refractivity contribution in [2.24, 2.45) is 0 Å². The first-order chi connectivity index (χ1) is 13.9. The topological polar surface area (TPSA) is 71.4 Å². The zero-order valence-electron chi connectivity index (χ0n) is 15.5. The molecule has 0 spiro atoms. The average molecular weight is 480 g/mol. The van der Waals surface area contributed by atoms with E-state index in [1.165, 1.54) is 0 Å². The van der Waals surface area contributed by atoms with Crippen LogP contribution in [0.25, 0.3) is 22.8 Å². The number of halogens is 3. The van der Waals surface area contributed by atoms with Gasteiger partial charge in [0.2, 0.25) is 0 Å². The van der Waals surface area contributed by atoms with Crippen LogP contribution in [0.2, 0.25) is 5.02 Å². The summed E-state index contributed by atoms with van der Waals surface area (Å²) in [5.74, 6) is -0.0113. The van der Waals surface area contributed by atoms with Gasteiger partial charge in [-0.3, -0.25) is 0 Å². The number of rotatable bonds is 3. The van der Waals surface area contributed by atoms with E-state index in [0.717, 1.165) is 11.8 Å². The molecule has 1 aliphatic heterocycles. The first-order valence-corrected chi connectivity index (χ1v) is 10.1. The maximum Gasteiger partial charge on any atom is 0.183 e. The molecule has 0 radical (unpaired) electrons. The molecule has 1 saturated heterocycles. The summed E-state index contributed by atoms with van der Waals surface area (Å²) in [6.07, 6.45) is 1.16. The molecule has 4 rings (SSSR count). The quantitative estimate of drug-likeness (QED) is 0.591. The lowest BCUT2D eigenvalue weighted by Gasteiger charge is -2.28. The second-order valence-corrected chi connectivity index (χ2v) is 7.99. The molecule has 0 amide bonds. The van der Waals surface area contributed by atoms with E-state index in [1.54, 1.807) is 12.1 Å². The van der Waals surface area contributed by atoms with E-state index in [9.17, 15) is 9.50 Å². The van der Waals surface area contributed by atoms with Gasteiger partial charge in [-0.25, -0.2) is 19.3 Å². The molecule has 0 aliphatic carbocycles. The fraction of sp³-hybridized carbons (Fsp3) is 0.250. The maximum atomic E-state index is 14.4. The number of phenols is 1. The van der Waals surface area contributed by atoms with Gasteiger partial charge in [0.1, 0.15) is 11.4 Å². The SMILES string of the molecule is Cc1cc(-c2ncc(F)c(N3CCOCC3)n2)nc(-c2cc(Br)cc(Cl)c2O)c1. The fourth-order valence-electron chi connectivity index (χ4n) is 3.16. The maximum absolute atomic E-state index is 14.4. The molecule has 1 aromatic carbocycles. The molecule has 3 aromatic rings. The largest absolute Gasteiger partial charge is 0.506 e. The molecule has 0 atom stereocenters. The molecule has 2 aromatic heterocycles. The van der Waals surface area contributed by atoms with E-state index in [1.807, 2.05) is 24.0 Å². The molecule has 1 aliphatic rings. The third-order valence-electron chi connectivity index (χ3n) is 4.54. The summed E-state index contributed by atoms with van der Waals surface area (Å²) in [5.41, 5.74) is 2.36. The summed E-state index contributed by atoms with van der Waals surface area (Å²) in [5, 5.41) is 10.6. The molecule has 0 bridgehead atoms. The number of hydrogen-bond donors (Lipinski definition) is 1. The highest BCUT2D eigenvalue weighted by molar-refractivity contribution is 9.10. The van der Waals surface area contributed by atoms with Crippen LogP contribution < -0.4 is 4.90 Å². The van der Waals surface area contributed by atoms with Gasteiger partial charge in [-0.05, 0) is 36.8 Å². The lowest BCUT2D eigenvalue weighted by atomic mass is 10.1. The molecule has 1 fully saturated rings. The Morgan fingerprint density at radius 2 is 1.86 bits per heavy atom. The Morgan fingerprint density at radius 1 is 1.14 bits per heavy atom. The van der Waals surface area contributed by atoms with Crippen LogP contribution in [-0.4, -0.2) is 46.4 Å². The Bertz CT molecular complexity index is 1080. The molecule has 29 heavy (non-hydrogen) atoms. The van der Waals surface area contributed by atoms with Crippen LogP contribution in [-0.2, 0) is 4.74 Å². The van der Waals surface area contributed by atoms with Gasteiger partial charge in [0.15, 0.2) is 17.5 Å². The highest BCUT2D eigenvalue weighted by Gasteiger charge is 2.20. The highest BCUT2D eigenvalue weighted by atomic mass is 79.9. The first-order valence-electron chi connectivity index (χ1n) is 8.95. The van der Waals surface area contributed by atoms with Gasteiger partial charge < -0.3 is 14.7 Å². The summed E-state index contributed by atoms with van der Waals surface area (Å²) in [6, 6.07) is 6.98. The summed E-state index contributed by atoms with van der Waals surface area (Å²) < 4.78 is 20.4. The van der Waals surface area contributed by atoms with Gasteiger partial charge in [0.05, 0.1) is 30.1 Å². The van der Waals surface area contributed by atoms with Crippen molar-refractivity contribution >= 4 is 33.3 Å². The summed E-state index contributed by atoms with van der Waals surface area (Å²) in [7, 11) is 0. The number of morpholine rings is 1. The normalized spacial score (nSPS) is 14.3. The van der Waals surface area contributed by atoms with Crippen molar-refractivity contribution in [1.82, 2.24) is 15.0 Å². The molecule has 6 nitrogen and oxygen atoms in total. The third-order valence-corrected chi connectivity index (χ3v) is 5.29. The Balaban J connectivity index is 1.79. The lowest BCUT2D eigenvalue weighted by molar-refractivity contribution is 0.122. The van der Waals surface area contributed by atoms with Gasteiger partial charge in [-0.15, -0.1) is 0 Å². The number of aryl methyl sites for hydroxylation is 1. The minimum absolute atomic E-state index is 0.0621. The van der Waals surface area contributed by atoms with Gasteiger partial charge in [-0.1, -0.05) is 27.5 Å². The number of aromatic hydroxyl groups is 1. The Kier molecular flexibility index (Phi) is 5.67. The van der Waals surface area contributed by atoms with Crippen molar-refractivity contribution in [2.45, 2.75) is 6.92 Å². The standard InChI is InChI=1S/C20H17BrClFN4O2/c1-11-6-16(13-8-12(21)9-14(22)18(13)28)25-17(7-11)19-24-10-15(23)20(26-19)27-2-4-29-5-3-27/h6-10,28H,2-5H2,1H3. The molecular weight excluding hydrogens is 463 g/mol. The first kappa shape index (κ1) is 20.0. The van der Waals surface area contributed by atoms with Crippen LogP contribution in [0.4, 0.5) is 10.2 Å². The van der Waals surface area contributed by atoms with E-state index in [-0.39, 0.29) is 16.6 Å². The van der Waals surface area contributed by atoms with E-state index in [0.29, 0.717) is 53.6 Å². The van der Waals surface area contributed by atoms with Gasteiger partial charge in [0, 0.05) is 23.1 Å². The second kappa shape index (κ2) is 8.22. The molecule has 150 valence electrons. The molecule has 1 N–H and O–H groups in total. The zero-order valence-corrected chi connectivity index (χ0v) is 17.8. The lowest BCUT2D eigenvalue weighted by Crippen LogP contribution is -2.37. The van der Waals surface area contributed by atoms with Crippen LogP contribution in [0, 0.1) is 12.7 Å². The number of aromatic nitrogens is 3. The van der Waals surface area contributed by atoms with Gasteiger partial charge in [0.25, 0.3) is 0 Å². The van der Waals surface area contributed by atoms with Crippen molar-refractivity contribution in [3.63, 3.8) is 0 Å². The Labute approximate surface area is 180 Å². The Morgan fingerprint density at radius 3 is 2.62 bits per heavy atom. The van der Waals surface area contributed by atoms with E-state index in [2.05, 4.69) is 30.9 Å². The van der Waals surface area contributed by atoms with Crippen LogP contribution >= 0.6 is 27.5 Å². The van der Waals surface area contributed by atoms with Crippen LogP contribution in [0.15, 0.2) is 34.9 Å². The van der Waals surface area contributed by atoms with Crippen molar-refractivity contribution in [3.05, 3.63) is 51.3 Å². The predicted octanol–water partition coefficient (Wildman–Crippen LogP) is 4.61. The molecule has 0 saturated carbocycles. The average Bonchev–Trinajstić information content (AvgIpc) is 2.71. The molecule has 9 heteroatoms. The van der Waals surface area contributed by atoms with Crippen LogP contribution in [0.3, 0.4) is 0 Å². The Hall–Kier alpha value is -2.29. The highest BCUT2D eigenvalue weighted by Crippen LogP contribution is 2.38. The second-order valence-electron chi connectivity index (χ2n) is 6.66. The number of phenolic OH excluding ortho intramolecular Hbond substituents is 1. The summed E-state index contributed by atoms with van der Waals surface area (Å²) >= 11 is 9.48. The number of ether oxygens (including phenoxy) is 1. The van der Waals surface area contributed by atoms with E-state index >= 15 is 0 Å². The third kappa shape index (κ3) is 4.19. The van der Waals surface area contributed by atoms with Gasteiger partial charge in [-0.2, -0.15) is 0 Å². The molecule has 3 heterocycles. The summed E-state index contributed by atoms with van der Waals surface area (Å²) in [4.78, 5) is 15.0. The van der Waals surface area contributed by atoms with Crippen molar-refractivity contribution < 1.29 is 14.2 Å². The van der Waals surface area contributed by atoms with Crippen molar-refractivity contribution in [2.75, 3.05) is 31.2 Å². The predicted molar refractivity (Wildman–Crippen MR) is 113 cm³/mol. The number of pyridine rings is 1. The minimum Gasteiger partial charge on any atom is -0.506 e. The molecular formula is C20H17BrClFN4O2. The fourth-order valence-corrected chi connectivity index (χ4v) is 3.97. The summed E-state index contributed by atoms with van der Waals surface area (Å²) in [6.45, 7) is 4.06.